The molecule has 1 N–H and O–H groups in total. The minimum absolute atomic E-state index is 0.0150. The van der Waals surface area contributed by atoms with Gasteiger partial charge < -0.3 is 19.9 Å². The normalized spacial score (nSPS) is 23.2. The first-order chi connectivity index (χ1) is 18.5. The van der Waals surface area contributed by atoms with Gasteiger partial charge in [-0.25, -0.2) is 0 Å². The molecule has 1 saturated carbocycles. The number of nitrogens with one attached hydrogen (secondary N) is 1. The van der Waals surface area contributed by atoms with Crippen molar-refractivity contribution in [1.29, 1.82) is 0 Å². The fraction of sp³-hybridized carbons (Fsp3) is 0.517. The van der Waals surface area contributed by atoms with E-state index in [1.165, 1.54) is 0 Å². The molecule has 202 valence electrons. The van der Waals surface area contributed by atoms with Crippen molar-refractivity contribution in [3.05, 3.63) is 58.4 Å². The molecule has 3 amide bonds. The molecule has 3 atom stereocenters. The maximum Gasteiger partial charge on any atom is 0.227 e. The summed E-state index contributed by atoms with van der Waals surface area (Å²) in [7, 11) is 1.63. The van der Waals surface area contributed by atoms with Crippen LogP contribution in [0.1, 0.15) is 61.3 Å². The molecule has 1 saturated heterocycles. The second-order valence-electron chi connectivity index (χ2n) is 10.4. The van der Waals surface area contributed by atoms with E-state index < -0.39 is 6.04 Å². The molecule has 2 aromatic rings. The highest BCUT2D eigenvalue weighted by molar-refractivity contribution is 6.31. The van der Waals surface area contributed by atoms with Gasteiger partial charge in [0.2, 0.25) is 17.7 Å². The van der Waals surface area contributed by atoms with E-state index >= 15 is 0 Å². The predicted molar refractivity (Wildman–Crippen MR) is 144 cm³/mol. The van der Waals surface area contributed by atoms with E-state index in [1.807, 2.05) is 34.1 Å². The van der Waals surface area contributed by atoms with Crippen molar-refractivity contribution in [2.24, 2.45) is 11.8 Å². The Morgan fingerprint density at radius 3 is 2.63 bits per heavy atom. The Bertz CT molecular complexity index is 1190. The van der Waals surface area contributed by atoms with Crippen LogP contribution in [0.3, 0.4) is 0 Å². The van der Waals surface area contributed by atoms with Gasteiger partial charge in [0.25, 0.3) is 0 Å². The number of carbonyl (C=O) groups excluding carboxylic acids is 3. The standard InChI is InChI=1S/C29H35ClN4O4/c1-31-28(36)20-7-2-3-8-21(20)29(37)34-15-12-22-23(30)10-11-25(38-18-19-6-4-13-32-16-19)27(22)24(34)17-33-14-5-9-26(33)35/h4,6,10-11,13,16,20-21,24H,2-3,5,7-9,12,14-15,17-18H2,1H3,(H,31,36)/t20-,21?,24-/m1/s1. The quantitative estimate of drug-likeness (QED) is 0.577. The Morgan fingerprint density at radius 2 is 1.92 bits per heavy atom. The molecule has 0 bridgehead atoms. The van der Waals surface area contributed by atoms with Gasteiger partial charge in [0.15, 0.2) is 0 Å². The van der Waals surface area contributed by atoms with Gasteiger partial charge in [-0.15, -0.1) is 0 Å². The molecule has 1 aromatic heterocycles. The van der Waals surface area contributed by atoms with Crippen molar-refractivity contribution < 1.29 is 19.1 Å². The number of hydrogen-bond acceptors (Lipinski definition) is 5. The lowest BCUT2D eigenvalue weighted by atomic mass is 9.77. The van der Waals surface area contributed by atoms with Crippen LogP contribution in [-0.2, 0) is 27.4 Å². The van der Waals surface area contributed by atoms with Crippen molar-refractivity contribution in [2.45, 2.75) is 57.6 Å². The molecule has 2 aliphatic heterocycles. The number of halogens is 1. The summed E-state index contributed by atoms with van der Waals surface area (Å²) in [5.41, 5.74) is 2.76. The van der Waals surface area contributed by atoms with Gasteiger partial charge in [-0.05, 0) is 49.4 Å². The zero-order chi connectivity index (χ0) is 26.6. The van der Waals surface area contributed by atoms with Gasteiger partial charge in [-0.1, -0.05) is 30.5 Å². The topological polar surface area (TPSA) is 91.8 Å². The molecule has 5 rings (SSSR count). The number of rotatable bonds is 7. The molecular formula is C29H35ClN4O4. The third-order valence-electron chi connectivity index (χ3n) is 8.20. The molecule has 1 aromatic carbocycles. The molecule has 3 heterocycles. The number of pyridine rings is 1. The van der Waals surface area contributed by atoms with Gasteiger partial charge in [-0.3, -0.25) is 19.4 Å². The van der Waals surface area contributed by atoms with Crippen LogP contribution >= 0.6 is 11.6 Å². The molecule has 38 heavy (non-hydrogen) atoms. The summed E-state index contributed by atoms with van der Waals surface area (Å²) in [6, 6.07) is 7.12. The molecule has 1 unspecified atom stereocenters. The van der Waals surface area contributed by atoms with E-state index in [9.17, 15) is 14.4 Å². The lowest BCUT2D eigenvalue weighted by molar-refractivity contribution is -0.147. The third-order valence-corrected chi connectivity index (χ3v) is 8.56. The molecule has 3 aliphatic rings. The second kappa shape index (κ2) is 11.7. The van der Waals surface area contributed by atoms with Crippen molar-refractivity contribution in [1.82, 2.24) is 20.1 Å². The number of likely N-dealkylation sites (tertiary alicyclic amines) is 1. The molecule has 8 nitrogen and oxygen atoms in total. The zero-order valence-electron chi connectivity index (χ0n) is 21.8. The number of carbonyl (C=O) groups is 3. The molecule has 9 heteroatoms. The number of nitrogens with zero attached hydrogens (tertiary/aromatic N) is 3. The van der Waals surface area contributed by atoms with Crippen LogP contribution in [0.5, 0.6) is 5.75 Å². The summed E-state index contributed by atoms with van der Waals surface area (Å²) in [4.78, 5) is 47.5. The van der Waals surface area contributed by atoms with Crippen LogP contribution in [0.15, 0.2) is 36.7 Å². The zero-order valence-corrected chi connectivity index (χ0v) is 22.6. The summed E-state index contributed by atoms with van der Waals surface area (Å²) >= 11 is 6.70. The number of amides is 3. The van der Waals surface area contributed by atoms with E-state index in [2.05, 4.69) is 10.3 Å². The van der Waals surface area contributed by atoms with Gasteiger partial charge in [0, 0.05) is 73.5 Å². The van der Waals surface area contributed by atoms with Crippen molar-refractivity contribution in [3.8, 4) is 5.75 Å². The Labute approximate surface area is 228 Å². The molecule has 1 aliphatic carbocycles. The van der Waals surface area contributed by atoms with E-state index in [1.54, 1.807) is 19.4 Å². The van der Waals surface area contributed by atoms with Crippen molar-refractivity contribution in [2.75, 3.05) is 26.7 Å². The highest BCUT2D eigenvalue weighted by Crippen LogP contribution is 2.43. The van der Waals surface area contributed by atoms with Gasteiger partial charge in [0.1, 0.15) is 12.4 Å². The van der Waals surface area contributed by atoms with Crippen LogP contribution in [0.4, 0.5) is 0 Å². The van der Waals surface area contributed by atoms with E-state index in [0.717, 1.165) is 36.0 Å². The van der Waals surface area contributed by atoms with Crippen LogP contribution in [0.2, 0.25) is 5.02 Å². The maximum absolute atomic E-state index is 14.2. The molecule has 0 spiro atoms. The largest absolute Gasteiger partial charge is 0.488 e. The monoisotopic (exact) mass is 538 g/mol. The first kappa shape index (κ1) is 26.5. The summed E-state index contributed by atoms with van der Waals surface area (Å²) < 4.78 is 6.31. The van der Waals surface area contributed by atoms with Gasteiger partial charge in [-0.2, -0.15) is 0 Å². The first-order valence-corrected chi connectivity index (χ1v) is 14.0. The minimum Gasteiger partial charge on any atom is -0.488 e. The minimum atomic E-state index is -0.400. The van der Waals surface area contributed by atoms with Crippen molar-refractivity contribution >= 4 is 29.3 Å². The Morgan fingerprint density at radius 1 is 1.11 bits per heavy atom. The van der Waals surface area contributed by atoms with E-state index in [4.69, 9.17) is 16.3 Å². The summed E-state index contributed by atoms with van der Waals surface area (Å²) in [5.74, 6) is -0.0356. The van der Waals surface area contributed by atoms with Crippen molar-refractivity contribution in [3.63, 3.8) is 0 Å². The van der Waals surface area contributed by atoms with Crippen LogP contribution in [0, 0.1) is 11.8 Å². The van der Waals surface area contributed by atoms with Crippen LogP contribution in [0.25, 0.3) is 0 Å². The number of aromatic nitrogens is 1. The Balaban J connectivity index is 1.51. The Kier molecular flexibility index (Phi) is 8.17. The van der Waals surface area contributed by atoms with E-state index in [0.29, 0.717) is 62.7 Å². The second-order valence-corrected chi connectivity index (χ2v) is 10.8. The van der Waals surface area contributed by atoms with Gasteiger partial charge >= 0.3 is 0 Å². The summed E-state index contributed by atoms with van der Waals surface area (Å²) in [6.45, 7) is 1.87. The average Bonchev–Trinajstić information content (AvgIpc) is 3.36. The summed E-state index contributed by atoms with van der Waals surface area (Å²) in [5, 5.41) is 3.40. The molecule has 2 fully saturated rings. The number of benzene rings is 1. The lowest BCUT2D eigenvalue weighted by Gasteiger charge is -2.43. The SMILES string of the molecule is CNC(=O)[C@@H]1CCCCC1C(=O)N1CCc2c(Cl)ccc(OCc3cccnc3)c2[C@H]1CN1CCCC1=O. The number of ether oxygens (including phenoxy) is 1. The molecular weight excluding hydrogens is 504 g/mol. The fourth-order valence-electron chi connectivity index (χ4n) is 6.25. The first-order valence-electron chi connectivity index (χ1n) is 13.6. The lowest BCUT2D eigenvalue weighted by Crippen LogP contribution is -2.50. The summed E-state index contributed by atoms with van der Waals surface area (Å²) in [6.07, 6.45) is 8.68. The number of fused-ring (bicyclic) bond motifs is 1. The fourth-order valence-corrected chi connectivity index (χ4v) is 6.51. The Hall–Kier alpha value is -3.13. The molecule has 0 radical (unpaired) electrons. The van der Waals surface area contributed by atoms with Crippen LogP contribution < -0.4 is 10.1 Å². The van der Waals surface area contributed by atoms with Crippen LogP contribution in [-0.4, -0.2) is 59.2 Å². The highest BCUT2D eigenvalue weighted by Gasteiger charge is 2.43. The predicted octanol–water partition coefficient (Wildman–Crippen LogP) is 3.91. The number of hydrogen-bond donors (Lipinski definition) is 1. The average molecular weight is 539 g/mol. The maximum atomic E-state index is 14.2. The third kappa shape index (κ3) is 5.37. The highest BCUT2D eigenvalue weighted by atomic mass is 35.5. The van der Waals surface area contributed by atoms with Gasteiger partial charge in [0.05, 0.1) is 6.04 Å². The van der Waals surface area contributed by atoms with E-state index in [-0.39, 0.29) is 29.6 Å². The smallest absolute Gasteiger partial charge is 0.227 e.